The molecule has 5 heteroatoms. The molecule has 0 saturated carbocycles. The van der Waals surface area contributed by atoms with Crippen molar-refractivity contribution < 1.29 is 4.79 Å². The fourth-order valence-electron chi connectivity index (χ4n) is 2.10. The Morgan fingerprint density at radius 3 is 2.67 bits per heavy atom. The first-order chi connectivity index (χ1) is 9.90. The fraction of sp³-hybridized carbons (Fsp3) is 0.250. The number of H-pyrrole nitrogens is 1. The molecule has 1 aromatic carbocycles. The minimum Gasteiger partial charge on any atom is -0.364 e. The molecule has 2 rings (SSSR count). The van der Waals surface area contributed by atoms with Crippen molar-refractivity contribution in [3.8, 4) is 0 Å². The molecule has 0 aliphatic carbocycles. The maximum absolute atomic E-state index is 12.4. The highest BCUT2D eigenvalue weighted by Crippen LogP contribution is 2.22. The molecule has 1 N–H and O–H groups in total. The summed E-state index contributed by atoms with van der Waals surface area (Å²) >= 11 is 5.97. The van der Waals surface area contributed by atoms with Crippen molar-refractivity contribution in [1.29, 1.82) is 0 Å². The number of benzene rings is 1. The highest BCUT2D eigenvalue weighted by Gasteiger charge is 2.21. The lowest BCUT2D eigenvalue weighted by atomic mass is 10.1. The number of amides is 1. The molecule has 2 aromatic rings. The van der Waals surface area contributed by atoms with Gasteiger partial charge in [-0.3, -0.25) is 9.59 Å². The number of pyridine rings is 1. The van der Waals surface area contributed by atoms with Crippen LogP contribution in [0.5, 0.6) is 0 Å². The molecule has 1 atom stereocenters. The lowest BCUT2D eigenvalue weighted by molar-refractivity contribution is 0.0741. The Labute approximate surface area is 128 Å². The highest BCUT2D eigenvalue weighted by molar-refractivity contribution is 6.30. The normalized spacial score (nSPS) is 12.0. The monoisotopic (exact) mass is 304 g/mol. The van der Waals surface area contributed by atoms with Gasteiger partial charge >= 0.3 is 0 Å². The van der Waals surface area contributed by atoms with Gasteiger partial charge in [0.05, 0.1) is 6.04 Å². The number of carbonyl (C=O) groups is 1. The Bertz CT molecular complexity index is 724. The molecule has 0 bridgehead atoms. The largest absolute Gasteiger partial charge is 0.364 e. The van der Waals surface area contributed by atoms with E-state index in [-0.39, 0.29) is 22.9 Å². The number of aromatic nitrogens is 1. The van der Waals surface area contributed by atoms with Crippen molar-refractivity contribution in [2.45, 2.75) is 19.9 Å². The molecule has 0 aliphatic heterocycles. The predicted molar refractivity (Wildman–Crippen MR) is 83.8 cm³/mol. The first-order valence-electron chi connectivity index (χ1n) is 6.62. The summed E-state index contributed by atoms with van der Waals surface area (Å²) in [6.07, 6.45) is 1.46. The lowest BCUT2D eigenvalue weighted by Crippen LogP contribution is -2.33. The molecule has 0 radical (unpaired) electrons. The van der Waals surface area contributed by atoms with Crippen molar-refractivity contribution >= 4 is 17.5 Å². The molecule has 21 heavy (non-hydrogen) atoms. The number of rotatable bonds is 3. The summed E-state index contributed by atoms with van der Waals surface area (Å²) in [5.74, 6) is -0.316. The molecular formula is C16H17ClN2O2. The molecule has 0 aliphatic rings. The molecule has 0 saturated heterocycles. The Morgan fingerprint density at radius 2 is 2.05 bits per heavy atom. The maximum Gasteiger partial charge on any atom is 0.259 e. The number of carbonyl (C=O) groups excluding carboxylic acids is 1. The van der Waals surface area contributed by atoms with Gasteiger partial charge < -0.3 is 9.88 Å². The Morgan fingerprint density at radius 1 is 1.33 bits per heavy atom. The van der Waals surface area contributed by atoms with Gasteiger partial charge in [-0.2, -0.15) is 0 Å². The third-order valence-corrected chi connectivity index (χ3v) is 3.76. The summed E-state index contributed by atoms with van der Waals surface area (Å²) in [7, 11) is 1.67. The Hall–Kier alpha value is -2.07. The topological polar surface area (TPSA) is 53.2 Å². The first kappa shape index (κ1) is 15.3. The van der Waals surface area contributed by atoms with Gasteiger partial charge in [-0.25, -0.2) is 0 Å². The van der Waals surface area contributed by atoms with Gasteiger partial charge in [-0.15, -0.1) is 0 Å². The van der Waals surface area contributed by atoms with Crippen LogP contribution >= 0.6 is 11.6 Å². The average Bonchev–Trinajstić information content (AvgIpc) is 2.45. The summed E-state index contributed by atoms with van der Waals surface area (Å²) in [4.78, 5) is 28.8. The van der Waals surface area contributed by atoms with Crippen LogP contribution < -0.4 is 5.43 Å². The highest BCUT2D eigenvalue weighted by atomic mass is 35.5. The maximum atomic E-state index is 12.4. The SMILES string of the molecule is Cc1cc(=O)c(C(=O)N(C)C(C)c2cccc(Cl)c2)c[nH]1. The average molecular weight is 305 g/mol. The summed E-state index contributed by atoms with van der Waals surface area (Å²) in [6, 6.07) is 8.58. The van der Waals surface area contributed by atoms with Crippen LogP contribution in [0.1, 0.15) is 34.6 Å². The number of hydrogen-bond donors (Lipinski definition) is 1. The molecule has 110 valence electrons. The van der Waals surface area contributed by atoms with Crippen LogP contribution in [0.4, 0.5) is 0 Å². The third-order valence-electron chi connectivity index (χ3n) is 3.52. The van der Waals surface area contributed by atoms with E-state index in [9.17, 15) is 9.59 Å². The van der Waals surface area contributed by atoms with E-state index in [1.807, 2.05) is 25.1 Å². The van der Waals surface area contributed by atoms with Crippen LogP contribution in [0.2, 0.25) is 5.02 Å². The number of aromatic amines is 1. The van der Waals surface area contributed by atoms with Gasteiger partial charge in [0.25, 0.3) is 5.91 Å². The van der Waals surface area contributed by atoms with Gasteiger partial charge in [0.15, 0.2) is 5.43 Å². The standard InChI is InChI=1S/C16H17ClN2O2/c1-10-7-15(20)14(9-18-10)16(21)19(3)11(2)12-5-4-6-13(17)8-12/h4-9,11H,1-3H3,(H,18,20). The van der Waals surface area contributed by atoms with E-state index in [0.717, 1.165) is 11.3 Å². The van der Waals surface area contributed by atoms with Crippen molar-refractivity contribution in [3.05, 3.63) is 68.6 Å². The van der Waals surface area contributed by atoms with Crippen molar-refractivity contribution in [1.82, 2.24) is 9.88 Å². The van der Waals surface area contributed by atoms with Crippen LogP contribution in [0, 0.1) is 6.92 Å². The van der Waals surface area contributed by atoms with E-state index < -0.39 is 0 Å². The van der Waals surface area contributed by atoms with E-state index in [1.54, 1.807) is 20.0 Å². The van der Waals surface area contributed by atoms with Gasteiger partial charge in [-0.05, 0) is 31.5 Å². The molecule has 0 fully saturated rings. The molecule has 4 nitrogen and oxygen atoms in total. The van der Waals surface area contributed by atoms with Crippen LogP contribution in [-0.4, -0.2) is 22.8 Å². The molecule has 1 heterocycles. The molecule has 0 spiro atoms. The second-order valence-corrected chi connectivity index (χ2v) is 5.48. The Kier molecular flexibility index (Phi) is 4.48. The summed E-state index contributed by atoms with van der Waals surface area (Å²) < 4.78 is 0. The van der Waals surface area contributed by atoms with Crippen molar-refractivity contribution in [2.24, 2.45) is 0 Å². The molecular weight excluding hydrogens is 288 g/mol. The quantitative estimate of drug-likeness (QED) is 0.947. The van der Waals surface area contributed by atoms with E-state index in [2.05, 4.69) is 4.98 Å². The van der Waals surface area contributed by atoms with E-state index in [4.69, 9.17) is 11.6 Å². The lowest BCUT2D eigenvalue weighted by Gasteiger charge is -2.25. The van der Waals surface area contributed by atoms with Gasteiger partial charge in [0.1, 0.15) is 5.56 Å². The number of nitrogens with one attached hydrogen (secondary N) is 1. The number of nitrogens with zero attached hydrogens (tertiary/aromatic N) is 1. The zero-order valence-electron chi connectivity index (χ0n) is 12.2. The second kappa shape index (κ2) is 6.14. The van der Waals surface area contributed by atoms with Crippen molar-refractivity contribution in [3.63, 3.8) is 0 Å². The van der Waals surface area contributed by atoms with E-state index in [1.165, 1.54) is 17.2 Å². The molecule has 1 aromatic heterocycles. The number of hydrogen-bond acceptors (Lipinski definition) is 2. The first-order valence-corrected chi connectivity index (χ1v) is 7.00. The number of halogens is 1. The predicted octanol–water partition coefficient (Wildman–Crippen LogP) is 3.17. The minimum absolute atomic E-state index is 0.136. The summed E-state index contributed by atoms with van der Waals surface area (Å²) in [6.45, 7) is 3.67. The second-order valence-electron chi connectivity index (χ2n) is 5.04. The molecule has 1 unspecified atom stereocenters. The minimum atomic E-state index is -0.316. The van der Waals surface area contributed by atoms with Crippen LogP contribution in [0.15, 0.2) is 41.3 Å². The van der Waals surface area contributed by atoms with Gasteiger partial charge in [0.2, 0.25) is 0 Å². The molecule has 1 amide bonds. The summed E-state index contributed by atoms with van der Waals surface area (Å²) in [5.41, 5.74) is 1.50. The fourth-order valence-corrected chi connectivity index (χ4v) is 2.29. The van der Waals surface area contributed by atoms with Crippen LogP contribution in [-0.2, 0) is 0 Å². The van der Waals surface area contributed by atoms with Crippen LogP contribution in [0.3, 0.4) is 0 Å². The zero-order chi connectivity index (χ0) is 15.6. The zero-order valence-corrected chi connectivity index (χ0v) is 12.9. The van der Waals surface area contributed by atoms with E-state index in [0.29, 0.717) is 5.02 Å². The van der Waals surface area contributed by atoms with E-state index >= 15 is 0 Å². The third kappa shape index (κ3) is 3.34. The Balaban J connectivity index is 2.28. The number of aryl methyl sites for hydroxylation is 1. The van der Waals surface area contributed by atoms with Gasteiger partial charge in [-0.1, -0.05) is 23.7 Å². The van der Waals surface area contributed by atoms with Crippen molar-refractivity contribution in [2.75, 3.05) is 7.05 Å². The summed E-state index contributed by atoms with van der Waals surface area (Å²) in [5, 5.41) is 0.619. The smallest absolute Gasteiger partial charge is 0.259 e. The van der Waals surface area contributed by atoms with Crippen LogP contribution in [0.25, 0.3) is 0 Å². The van der Waals surface area contributed by atoms with Gasteiger partial charge in [0, 0.05) is 30.0 Å².